The number of carbonyl (C=O) groups is 2. The summed E-state index contributed by atoms with van der Waals surface area (Å²) in [6.07, 6.45) is 1.40. The van der Waals surface area contributed by atoms with Gasteiger partial charge < -0.3 is 15.4 Å². The molecule has 0 radical (unpaired) electrons. The maximum atomic E-state index is 13.6. The zero-order chi connectivity index (χ0) is 24.5. The van der Waals surface area contributed by atoms with Crippen molar-refractivity contribution in [3.05, 3.63) is 45.6 Å². The molecule has 1 aliphatic rings. The largest absolute Gasteiger partial charge is 0.444 e. The highest BCUT2D eigenvalue weighted by Crippen LogP contribution is 2.24. The van der Waals surface area contributed by atoms with Gasteiger partial charge in [0.25, 0.3) is 11.5 Å². The molecule has 0 saturated heterocycles. The van der Waals surface area contributed by atoms with Crippen LogP contribution in [-0.4, -0.2) is 56.2 Å². The van der Waals surface area contributed by atoms with Crippen LogP contribution in [-0.2, 0) is 17.7 Å². The summed E-state index contributed by atoms with van der Waals surface area (Å²) >= 11 is 0. The van der Waals surface area contributed by atoms with E-state index in [1.807, 2.05) is 41.5 Å². The van der Waals surface area contributed by atoms with Crippen molar-refractivity contribution >= 4 is 17.9 Å². The van der Waals surface area contributed by atoms with Gasteiger partial charge in [-0.15, -0.1) is 0 Å². The second-order valence-corrected chi connectivity index (χ2v) is 9.44. The van der Waals surface area contributed by atoms with Gasteiger partial charge in [-0.2, -0.15) is 0 Å². The summed E-state index contributed by atoms with van der Waals surface area (Å²) in [6.45, 7) is 11.4. The maximum Gasteiger partial charge on any atom is 0.410 e. The van der Waals surface area contributed by atoms with E-state index in [1.165, 1.54) is 17.8 Å². The minimum atomic E-state index is -0.619. The van der Waals surface area contributed by atoms with Crippen molar-refractivity contribution in [3.63, 3.8) is 0 Å². The third-order valence-corrected chi connectivity index (χ3v) is 5.13. The molecule has 2 aromatic rings. The molecule has 1 atom stereocenters. The van der Waals surface area contributed by atoms with Crippen molar-refractivity contribution in [2.75, 3.05) is 12.4 Å². The monoisotopic (exact) mass is 456 g/mol. The quantitative estimate of drug-likeness (QED) is 0.725. The van der Waals surface area contributed by atoms with Crippen molar-refractivity contribution in [3.8, 4) is 5.69 Å². The molecule has 0 saturated carbocycles. The topological polar surface area (TPSA) is 118 Å². The number of fused-ring (bicyclic) bond motifs is 1. The minimum absolute atomic E-state index is 0.00350. The number of pyridine rings is 1. The average Bonchev–Trinajstić information content (AvgIpc) is 2.72. The lowest BCUT2D eigenvalue weighted by Crippen LogP contribution is -2.47. The average molecular weight is 457 g/mol. The number of nitrogens with zero attached hydrogens (tertiary/aromatic N) is 4. The predicted molar refractivity (Wildman–Crippen MR) is 125 cm³/mol. The first kappa shape index (κ1) is 24.2. The molecule has 10 nitrogen and oxygen atoms in total. The highest BCUT2D eigenvalue weighted by atomic mass is 16.6. The summed E-state index contributed by atoms with van der Waals surface area (Å²) in [7, 11) is 1.53. The Bertz CT molecular complexity index is 1100. The van der Waals surface area contributed by atoms with Gasteiger partial charge in [-0.3, -0.25) is 14.5 Å². The van der Waals surface area contributed by atoms with Crippen LogP contribution in [0.15, 0.2) is 23.1 Å². The summed E-state index contributed by atoms with van der Waals surface area (Å²) in [6, 6.07) is 3.00. The van der Waals surface area contributed by atoms with Gasteiger partial charge in [0.1, 0.15) is 11.3 Å². The number of nitrogens with one attached hydrogen (secondary N) is 2. The fraction of sp³-hybridized carbons (Fsp3) is 0.522. The van der Waals surface area contributed by atoms with E-state index in [1.54, 1.807) is 17.0 Å². The van der Waals surface area contributed by atoms with Gasteiger partial charge in [-0.1, -0.05) is 0 Å². The number of hydrogen-bond donors (Lipinski definition) is 2. The summed E-state index contributed by atoms with van der Waals surface area (Å²) in [5, 5.41) is 5.74. The molecule has 0 aliphatic carbocycles. The van der Waals surface area contributed by atoms with Crippen LogP contribution in [0.4, 0.5) is 10.7 Å². The molecule has 2 amide bonds. The van der Waals surface area contributed by atoms with Gasteiger partial charge in [0.05, 0.1) is 24.1 Å². The molecule has 3 heterocycles. The first-order chi connectivity index (χ1) is 15.4. The Morgan fingerprint density at radius 3 is 2.48 bits per heavy atom. The first-order valence-electron chi connectivity index (χ1n) is 11.0. The summed E-state index contributed by atoms with van der Waals surface area (Å²) in [5.74, 6) is 0.0379. The van der Waals surface area contributed by atoms with Crippen LogP contribution >= 0.6 is 0 Å². The Morgan fingerprint density at radius 2 is 1.94 bits per heavy atom. The van der Waals surface area contributed by atoms with Gasteiger partial charge in [0, 0.05) is 31.1 Å². The molecule has 0 unspecified atom stereocenters. The highest BCUT2D eigenvalue weighted by Gasteiger charge is 2.33. The summed E-state index contributed by atoms with van der Waals surface area (Å²) in [5.41, 5.74) is 0.985. The molecule has 0 bridgehead atoms. The van der Waals surface area contributed by atoms with Crippen LogP contribution < -0.4 is 16.2 Å². The Balaban J connectivity index is 2.06. The van der Waals surface area contributed by atoms with E-state index in [0.29, 0.717) is 29.3 Å². The van der Waals surface area contributed by atoms with E-state index >= 15 is 0 Å². The third-order valence-electron chi connectivity index (χ3n) is 5.13. The third kappa shape index (κ3) is 5.32. The molecule has 2 aromatic heterocycles. The Kier molecular flexibility index (Phi) is 6.76. The molecule has 33 heavy (non-hydrogen) atoms. The van der Waals surface area contributed by atoms with E-state index in [2.05, 4.69) is 15.6 Å². The Labute approximate surface area is 193 Å². The molecule has 0 aromatic carbocycles. The number of anilines is 1. The van der Waals surface area contributed by atoms with Crippen molar-refractivity contribution in [2.24, 2.45) is 0 Å². The maximum absolute atomic E-state index is 13.6. The Hall–Kier alpha value is -3.43. The first-order valence-corrected chi connectivity index (χ1v) is 11.0. The highest BCUT2D eigenvalue weighted by molar-refractivity contribution is 5.92. The van der Waals surface area contributed by atoms with Gasteiger partial charge >= 0.3 is 6.09 Å². The molecular weight excluding hydrogens is 424 g/mol. The van der Waals surface area contributed by atoms with Crippen LogP contribution in [0.2, 0.25) is 0 Å². The standard InChI is InChI=1S/C23H32N6O4/c1-13(2)26-21-27-18-12-28(22(32)33-23(4,5)6)14(3)10-16(18)20(31)29(21)15-8-9-17(25-11-15)19(30)24-7/h8-9,11,13-14H,10,12H2,1-7H3,(H,24,30)(H,26,27)/t14-/m1/s1. The second kappa shape index (κ2) is 9.21. The van der Waals surface area contributed by atoms with Gasteiger partial charge in [0.2, 0.25) is 5.95 Å². The van der Waals surface area contributed by atoms with Crippen LogP contribution in [0.3, 0.4) is 0 Å². The molecular formula is C23H32N6O4. The number of hydrogen-bond acceptors (Lipinski definition) is 7. The number of amides is 2. The van der Waals surface area contributed by atoms with Crippen LogP contribution in [0.25, 0.3) is 5.69 Å². The number of rotatable bonds is 4. The SMILES string of the molecule is CNC(=O)c1ccc(-n2c(NC(C)C)nc3c(c2=O)C[C@@H](C)N(C(=O)OC(C)(C)C)C3)cn1. The van der Waals surface area contributed by atoms with Crippen molar-refractivity contribution in [2.45, 2.75) is 72.2 Å². The normalized spacial score (nSPS) is 15.8. The van der Waals surface area contributed by atoms with E-state index in [0.717, 1.165) is 0 Å². The van der Waals surface area contributed by atoms with Crippen molar-refractivity contribution in [1.82, 2.24) is 24.8 Å². The number of ether oxygens (including phenoxy) is 1. The molecule has 0 fully saturated rings. The molecule has 2 N–H and O–H groups in total. The number of carbonyl (C=O) groups excluding carboxylic acids is 2. The van der Waals surface area contributed by atoms with E-state index < -0.39 is 11.7 Å². The van der Waals surface area contributed by atoms with Crippen molar-refractivity contribution < 1.29 is 14.3 Å². The molecule has 1 aliphatic heterocycles. The fourth-order valence-corrected chi connectivity index (χ4v) is 3.60. The number of aromatic nitrogens is 3. The second-order valence-electron chi connectivity index (χ2n) is 9.44. The van der Waals surface area contributed by atoms with E-state index in [-0.39, 0.29) is 35.8 Å². The van der Waals surface area contributed by atoms with E-state index in [4.69, 9.17) is 9.72 Å². The van der Waals surface area contributed by atoms with Crippen LogP contribution in [0.1, 0.15) is 63.3 Å². The fourth-order valence-electron chi connectivity index (χ4n) is 3.60. The van der Waals surface area contributed by atoms with Crippen molar-refractivity contribution in [1.29, 1.82) is 0 Å². The molecule has 10 heteroatoms. The molecule has 178 valence electrons. The Morgan fingerprint density at radius 1 is 1.24 bits per heavy atom. The lowest BCUT2D eigenvalue weighted by Gasteiger charge is -2.35. The summed E-state index contributed by atoms with van der Waals surface area (Å²) in [4.78, 5) is 48.6. The smallest absolute Gasteiger partial charge is 0.410 e. The zero-order valence-corrected chi connectivity index (χ0v) is 20.2. The zero-order valence-electron chi connectivity index (χ0n) is 20.2. The molecule has 0 spiro atoms. The van der Waals surface area contributed by atoms with Gasteiger partial charge in [-0.25, -0.2) is 19.3 Å². The lowest BCUT2D eigenvalue weighted by molar-refractivity contribution is 0.0133. The van der Waals surface area contributed by atoms with Gasteiger partial charge in [-0.05, 0) is 53.7 Å². The summed E-state index contributed by atoms with van der Waals surface area (Å²) < 4.78 is 7.01. The van der Waals surface area contributed by atoms with Crippen LogP contribution in [0, 0.1) is 0 Å². The lowest BCUT2D eigenvalue weighted by atomic mass is 10.00. The molecule has 3 rings (SSSR count). The van der Waals surface area contributed by atoms with Crippen LogP contribution in [0.5, 0.6) is 0 Å². The predicted octanol–water partition coefficient (Wildman–Crippen LogP) is 2.49. The van der Waals surface area contributed by atoms with E-state index in [9.17, 15) is 14.4 Å². The minimum Gasteiger partial charge on any atom is -0.444 e. The van der Waals surface area contributed by atoms with Gasteiger partial charge in [0.15, 0.2) is 0 Å².